The van der Waals surface area contributed by atoms with E-state index < -0.39 is 86.8 Å². The maximum Gasteiger partial charge on any atom is 0.220 e. The van der Waals surface area contributed by atoms with Crippen molar-refractivity contribution in [3.63, 3.8) is 0 Å². The topological polar surface area (TPSA) is 228 Å². The van der Waals surface area contributed by atoms with E-state index in [-0.39, 0.29) is 18.9 Å². The molecule has 2 fully saturated rings. The minimum atomic E-state index is -1.79. The zero-order valence-corrected chi connectivity index (χ0v) is 61.4. The monoisotopic (exact) mass is 1350 g/mol. The second kappa shape index (κ2) is 65.5. The Morgan fingerprint density at radius 1 is 0.379 bits per heavy atom. The molecule has 0 aromatic rings. The van der Waals surface area contributed by atoms with E-state index in [9.17, 15) is 45.6 Å². The summed E-state index contributed by atoms with van der Waals surface area (Å²) in [5.74, 6) is -0.231. The second-order valence-electron chi connectivity index (χ2n) is 28.9. The zero-order valence-electron chi connectivity index (χ0n) is 61.4. The first-order valence-corrected chi connectivity index (χ1v) is 40.7. The standard InChI is InChI=1S/C81H153NO13/c1-3-5-7-9-11-13-15-17-19-21-23-25-27-29-31-33-35-37-39-41-43-45-47-49-51-53-55-57-59-61-63-65-73(86)82-69(68-92-80-78(91)76(89)79(72(67-84)94-80)95-81-77(90)75(88)74(87)71(66-83)93-81)70(85)64-62-60-58-56-54-52-50-48-46-44-42-40-38-36-34-32-30-28-26-24-22-20-18-16-14-12-10-8-6-4-2/h15,17,21,23,62,64,69-72,74-81,83-85,87-91H,3-14,16,18-20,22,24-61,63,65-68H2,1-2H3,(H,82,86)/b17-15-,23-21-,64-62+. The number of hydrogen-bond acceptors (Lipinski definition) is 13. The highest BCUT2D eigenvalue weighted by Gasteiger charge is 2.51. The molecule has 9 N–H and O–H groups in total. The summed E-state index contributed by atoms with van der Waals surface area (Å²) in [5.41, 5.74) is 0. The molecular formula is C81H153NO13. The molecule has 2 heterocycles. The smallest absolute Gasteiger partial charge is 0.220 e. The average Bonchev–Trinajstić information content (AvgIpc) is 0.801. The van der Waals surface area contributed by atoms with E-state index in [2.05, 4.69) is 43.5 Å². The molecule has 0 bridgehead atoms. The molecule has 0 aromatic heterocycles. The van der Waals surface area contributed by atoms with Crippen LogP contribution in [0.25, 0.3) is 0 Å². The molecule has 95 heavy (non-hydrogen) atoms. The summed E-state index contributed by atoms with van der Waals surface area (Å²) in [6.07, 6.45) is 69.4. The van der Waals surface area contributed by atoms with Gasteiger partial charge in [-0.2, -0.15) is 0 Å². The number of amides is 1. The number of rotatable bonds is 69. The molecule has 12 unspecified atom stereocenters. The fourth-order valence-corrected chi connectivity index (χ4v) is 13.6. The second-order valence-corrected chi connectivity index (χ2v) is 28.9. The molecule has 14 nitrogen and oxygen atoms in total. The number of aliphatic hydroxyl groups excluding tert-OH is 8. The number of aliphatic hydroxyl groups is 8. The van der Waals surface area contributed by atoms with E-state index in [0.717, 1.165) is 44.9 Å². The van der Waals surface area contributed by atoms with Gasteiger partial charge in [-0.1, -0.05) is 359 Å². The molecule has 14 heteroatoms. The third-order valence-electron chi connectivity index (χ3n) is 20.1. The molecule has 0 radical (unpaired) electrons. The van der Waals surface area contributed by atoms with Crippen molar-refractivity contribution in [3.05, 3.63) is 36.5 Å². The van der Waals surface area contributed by atoms with Crippen LogP contribution in [0.1, 0.15) is 380 Å². The summed E-state index contributed by atoms with van der Waals surface area (Å²) in [4.78, 5) is 13.4. The number of carbonyl (C=O) groups is 1. The molecular weight excluding hydrogens is 1190 g/mol. The first-order valence-electron chi connectivity index (χ1n) is 40.7. The largest absolute Gasteiger partial charge is 0.394 e. The molecule has 2 rings (SSSR count). The van der Waals surface area contributed by atoms with Gasteiger partial charge < -0.3 is 65.1 Å². The normalized spacial score (nSPS) is 22.5. The van der Waals surface area contributed by atoms with E-state index >= 15 is 0 Å². The van der Waals surface area contributed by atoms with Crippen molar-refractivity contribution in [2.75, 3.05) is 19.8 Å². The van der Waals surface area contributed by atoms with Gasteiger partial charge in [-0.3, -0.25) is 4.79 Å². The van der Waals surface area contributed by atoms with Crippen LogP contribution in [0, 0.1) is 0 Å². The van der Waals surface area contributed by atoms with E-state index in [1.165, 1.54) is 308 Å². The van der Waals surface area contributed by atoms with Gasteiger partial charge in [0.25, 0.3) is 0 Å². The predicted octanol–water partition coefficient (Wildman–Crippen LogP) is 18.4. The van der Waals surface area contributed by atoms with Crippen LogP contribution in [0.15, 0.2) is 36.5 Å². The summed E-state index contributed by atoms with van der Waals surface area (Å²) in [7, 11) is 0. The minimum absolute atomic E-state index is 0.231. The highest BCUT2D eigenvalue weighted by Crippen LogP contribution is 2.30. The molecule has 2 aliphatic rings. The number of nitrogens with one attached hydrogen (secondary N) is 1. The Kier molecular flexibility index (Phi) is 61.6. The van der Waals surface area contributed by atoms with Crippen LogP contribution in [-0.2, 0) is 23.7 Å². The van der Waals surface area contributed by atoms with Crippen LogP contribution in [0.2, 0.25) is 0 Å². The molecule has 0 saturated carbocycles. The molecule has 2 aliphatic heterocycles. The van der Waals surface area contributed by atoms with Crippen molar-refractivity contribution in [2.45, 2.75) is 453 Å². The van der Waals surface area contributed by atoms with Crippen LogP contribution in [0.5, 0.6) is 0 Å². The van der Waals surface area contributed by atoms with Crippen molar-refractivity contribution in [1.82, 2.24) is 5.32 Å². The zero-order chi connectivity index (χ0) is 68.7. The van der Waals surface area contributed by atoms with Crippen molar-refractivity contribution in [3.8, 4) is 0 Å². The number of allylic oxidation sites excluding steroid dienone is 5. The molecule has 0 aliphatic carbocycles. The summed E-state index contributed by atoms with van der Waals surface area (Å²) in [6, 6.07) is -0.915. The van der Waals surface area contributed by atoms with Gasteiger partial charge in [-0.05, 0) is 51.4 Å². The number of carbonyl (C=O) groups excluding carboxylic acids is 1. The summed E-state index contributed by atoms with van der Waals surface area (Å²) in [5, 5.41) is 87.7. The maximum atomic E-state index is 13.4. The quantitative estimate of drug-likeness (QED) is 0.0204. The minimum Gasteiger partial charge on any atom is -0.394 e. The Balaban J connectivity index is 1.61. The van der Waals surface area contributed by atoms with Gasteiger partial charge in [0.2, 0.25) is 5.91 Å². The van der Waals surface area contributed by atoms with Crippen molar-refractivity contribution in [2.24, 2.45) is 0 Å². The Bertz CT molecular complexity index is 1730. The van der Waals surface area contributed by atoms with Gasteiger partial charge in [0.05, 0.1) is 32.0 Å². The first-order chi connectivity index (χ1) is 46.6. The number of unbranched alkanes of at least 4 members (excludes halogenated alkanes) is 52. The van der Waals surface area contributed by atoms with Gasteiger partial charge in [0, 0.05) is 6.42 Å². The van der Waals surface area contributed by atoms with Gasteiger partial charge >= 0.3 is 0 Å². The van der Waals surface area contributed by atoms with Crippen LogP contribution < -0.4 is 5.32 Å². The molecule has 0 spiro atoms. The van der Waals surface area contributed by atoms with Crippen LogP contribution >= 0.6 is 0 Å². The Hall–Kier alpha value is -1.79. The van der Waals surface area contributed by atoms with Gasteiger partial charge in [-0.25, -0.2) is 0 Å². The van der Waals surface area contributed by atoms with E-state index in [1.54, 1.807) is 6.08 Å². The summed E-state index contributed by atoms with van der Waals surface area (Å²) in [6.45, 7) is 2.86. The van der Waals surface area contributed by atoms with Gasteiger partial charge in [-0.15, -0.1) is 0 Å². The first kappa shape index (κ1) is 89.3. The lowest BCUT2D eigenvalue weighted by Crippen LogP contribution is -2.65. The summed E-state index contributed by atoms with van der Waals surface area (Å²) < 4.78 is 22.9. The molecule has 2 saturated heterocycles. The summed E-state index contributed by atoms with van der Waals surface area (Å²) >= 11 is 0. The number of ether oxygens (including phenoxy) is 4. The van der Waals surface area contributed by atoms with Crippen molar-refractivity contribution in [1.29, 1.82) is 0 Å². The average molecular weight is 1350 g/mol. The molecule has 560 valence electrons. The van der Waals surface area contributed by atoms with Gasteiger partial charge in [0.1, 0.15) is 48.8 Å². The fraction of sp³-hybridized carbons (Fsp3) is 0.914. The van der Waals surface area contributed by atoms with E-state index in [4.69, 9.17) is 18.9 Å². The molecule has 12 atom stereocenters. The molecule has 0 aromatic carbocycles. The SMILES string of the molecule is CCCCCCC/C=C\C/C=C\CCCCCCCCCCCCCCCCCCCCCC(=O)NC(COC1OC(CO)C(OC2OC(CO)C(O)C(O)C2O)C(O)C1O)C(O)/C=C/CCCCCCCCCCCCCCCCCCCCCCCCCCCCCC. The maximum absolute atomic E-state index is 13.4. The van der Waals surface area contributed by atoms with E-state index in [0.29, 0.717) is 6.42 Å². The highest BCUT2D eigenvalue weighted by atomic mass is 16.7. The Labute approximate surface area is 582 Å². The predicted molar refractivity (Wildman–Crippen MR) is 392 cm³/mol. The fourth-order valence-electron chi connectivity index (χ4n) is 13.6. The Morgan fingerprint density at radius 2 is 0.695 bits per heavy atom. The lowest BCUT2D eigenvalue weighted by atomic mass is 9.97. The van der Waals surface area contributed by atoms with Crippen LogP contribution in [0.3, 0.4) is 0 Å². The third kappa shape index (κ3) is 48.6. The lowest BCUT2D eigenvalue weighted by molar-refractivity contribution is -0.359. The lowest BCUT2D eigenvalue weighted by Gasteiger charge is -2.46. The van der Waals surface area contributed by atoms with Crippen molar-refractivity contribution < 1.29 is 64.6 Å². The molecule has 1 amide bonds. The highest BCUT2D eigenvalue weighted by molar-refractivity contribution is 5.76. The van der Waals surface area contributed by atoms with Crippen molar-refractivity contribution >= 4 is 5.91 Å². The van der Waals surface area contributed by atoms with Gasteiger partial charge in [0.15, 0.2) is 12.6 Å². The van der Waals surface area contributed by atoms with Crippen LogP contribution in [-0.4, -0.2) is 140 Å². The third-order valence-corrected chi connectivity index (χ3v) is 20.1. The van der Waals surface area contributed by atoms with Crippen LogP contribution in [0.4, 0.5) is 0 Å². The Morgan fingerprint density at radius 3 is 1.05 bits per heavy atom. The van der Waals surface area contributed by atoms with E-state index in [1.807, 2.05) is 6.08 Å². The number of hydrogen-bond donors (Lipinski definition) is 9.